The Hall–Kier alpha value is -6.39. The summed E-state index contributed by atoms with van der Waals surface area (Å²) in [4.78, 5) is 7.60. The number of hydrogen-bond donors (Lipinski definition) is 0. The van der Waals surface area contributed by atoms with Crippen LogP contribution in [0.25, 0.3) is 60.9 Å². The molecule has 4 heteroatoms. The van der Waals surface area contributed by atoms with Gasteiger partial charge in [0.2, 0.25) is 0 Å². The number of rotatable bonds is 5. The van der Waals surface area contributed by atoms with Crippen LogP contribution < -0.4 is 4.90 Å². The molecule has 0 amide bonds. The van der Waals surface area contributed by atoms with Crippen LogP contribution in [0.2, 0.25) is 0 Å². The molecule has 1 aliphatic heterocycles. The molecule has 238 valence electrons. The highest BCUT2D eigenvalue weighted by Crippen LogP contribution is 2.46. The van der Waals surface area contributed by atoms with Gasteiger partial charge in [-0.25, -0.2) is 4.98 Å². The molecule has 2 aromatic heterocycles. The Labute approximate surface area is 290 Å². The largest absolute Gasteiger partial charge is 0.456 e. The van der Waals surface area contributed by atoms with Crippen molar-refractivity contribution < 1.29 is 4.42 Å². The molecule has 0 unspecified atom stereocenters. The molecular formula is C46H33N3O. The van der Waals surface area contributed by atoms with Crippen molar-refractivity contribution in [2.75, 3.05) is 4.90 Å². The monoisotopic (exact) mass is 643 g/mol. The third-order valence-electron chi connectivity index (χ3n) is 10.3. The summed E-state index contributed by atoms with van der Waals surface area (Å²) in [5.41, 5.74) is 14.2. The van der Waals surface area contributed by atoms with E-state index >= 15 is 0 Å². The quantitative estimate of drug-likeness (QED) is 0.187. The normalized spacial score (nSPS) is 13.2. The Balaban J connectivity index is 1.10. The number of aromatic nitrogens is 2. The molecular weight excluding hydrogens is 611 g/mol. The maximum atomic E-state index is 6.21. The molecule has 10 rings (SSSR count). The summed E-state index contributed by atoms with van der Waals surface area (Å²) >= 11 is 0. The van der Waals surface area contributed by atoms with Gasteiger partial charge in [0, 0.05) is 27.8 Å². The van der Waals surface area contributed by atoms with Gasteiger partial charge in [-0.1, -0.05) is 103 Å². The molecule has 0 atom stereocenters. The Morgan fingerprint density at radius 3 is 2.00 bits per heavy atom. The molecule has 0 aliphatic carbocycles. The number of benzene rings is 7. The van der Waals surface area contributed by atoms with Crippen LogP contribution >= 0.6 is 0 Å². The Morgan fingerprint density at radius 1 is 0.560 bits per heavy atom. The van der Waals surface area contributed by atoms with E-state index in [9.17, 15) is 0 Å². The zero-order valence-electron chi connectivity index (χ0n) is 27.8. The smallest absolute Gasteiger partial charge is 0.136 e. The summed E-state index contributed by atoms with van der Waals surface area (Å²) in [6, 6.07) is 58.2. The predicted molar refractivity (Wildman–Crippen MR) is 206 cm³/mol. The highest BCUT2D eigenvalue weighted by atomic mass is 16.3. The molecule has 3 heterocycles. The van der Waals surface area contributed by atoms with Crippen LogP contribution in [0.1, 0.15) is 25.2 Å². The van der Waals surface area contributed by atoms with E-state index in [-0.39, 0.29) is 5.41 Å². The van der Waals surface area contributed by atoms with Gasteiger partial charge >= 0.3 is 0 Å². The van der Waals surface area contributed by atoms with Gasteiger partial charge in [-0.05, 0) is 102 Å². The van der Waals surface area contributed by atoms with E-state index in [0.29, 0.717) is 0 Å². The summed E-state index contributed by atoms with van der Waals surface area (Å²) in [5.74, 6) is 1.08. The van der Waals surface area contributed by atoms with E-state index in [4.69, 9.17) is 9.40 Å². The van der Waals surface area contributed by atoms with Crippen LogP contribution in [0.5, 0.6) is 0 Å². The maximum absolute atomic E-state index is 6.21. The predicted octanol–water partition coefficient (Wildman–Crippen LogP) is 12.4. The fourth-order valence-corrected chi connectivity index (χ4v) is 7.87. The van der Waals surface area contributed by atoms with Gasteiger partial charge in [-0.2, -0.15) is 0 Å². The molecule has 7 aromatic carbocycles. The van der Waals surface area contributed by atoms with Crippen molar-refractivity contribution in [3.8, 4) is 27.9 Å². The van der Waals surface area contributed by atoms with Crippen molar-refractivity contribution in [3.05, 3.63) is 175 Å². The molecule has 9 aromatic rings. The van der Waals surface area contributed by atoms with Crippen LogP contribution in [0.3, 0.4) is 0 Å². The average Bonchev–Trinajstić information content (AvgIpc) is 3.81. The summed E-state index contributed by atoms with van der Waals surface area (Å²) in [6.45, 7) is 4.54. The molecule has 0 fully saturated rings. The molecule has 4 nitrogen and oxygen atoms in total. The zero-order valence-corrected chi connectivity index (χ0v) is 27.8. The minimum atomic E-state index is -0.179. The van der Waals surface area contributed by atoms with Crippen LogP contribution in [0.4, 0.5) is 17.1 Å². The van der Waals surface area contributed by atoms with Gasteiger partial charge < -0.3 is 9.32 Å². The van der Waals surface area contributed by atoms with E-state index in [1.807, 2.05) is 12.1 Å². The lowest BCUT2D eigenvalue weighted by atomic mass is 9.86. The van der Waals surface area contributed by atoms with Crippen molar-refractivity contribution in [1.82, 2.24) is 9.55 Å². The van der Waals surface area contributed by atoms with E-state index in [2.05, 4.69) is 175 Å². The van der Waals surface area contributed by atoms with Crippen molar-refractivity contribution in [2.24, 2.45) is 0 Å². The molecule has 0 spiro atoms. The second-order valence-electron chi connectivity index (χ2n) is 13.7. The van der Waals surface area contributed by atoms with Crippen LogP contribution in [0, 0.1) is 0 Å². The highest BCUT2D eigenvalue weighted by Gasteiger charge is 2.38. The second kappa shape index (κ2) is 10.8. The fraction of sp³-hybridized carbons (Fsp3) is 0.0652. The first-order chi connectivity index (χ1) is 24.5. The van der Waals surface area contributed by atoms with Gasteiger partial charge in [0.25, 0.3) is 0 Å². The van der Waals surface area contributed by atoms with Gasteiger partial charge in [0.15, 0.2) is 0 Å². The SMILES string of the molecule is CC1(C)c2ccccc2-n2c1nc1cc(N(c3ccc(-c4ccccc4)cc3)c3ccc(-c4cccc5oc6ccccc6c45)cc3)ccc12. The standard InChI is InChI=1S/C46H33N3O/c1-46(2)38-15-7-8-16-40(38)49-41-28-27-35(29-39(41)47-45(46)49)48(33-23-19-31(20-24-33)30-11-4-3-5-12-30)34-25-21-32(22-26-34)36-14-10-18-43-44(36)37-13-6-9-17-42(37)50-43/h3-29H,1-2H3. The highest BCUT2D eigenvalue weighted by molar-refractivity contribution is 6.12. The molecule has 0 bridgehead atoms. The second-order valence-corrected chi connectivity index (χ2v) is 13.7. The third kappa shape index (κ3) is 4.28. The first-order valence-electron chi connectivity index (χ1n) is 17.1. The van der Waals surface area contributed by atoms with Crippen molar-refractivity contribution in [2.45, 2.75) is 19.3 Å². The molecule has 50 heavy (non-hydrogen) atoms. The fourth-order valence-electron chi connectivity index (χ4n) is 7.87. The first kappa shape index (κ1) is 28.6. The van der Waals surface area contributed by atoms with E-state index in [0.717, 1.165) is 67.0 Å². The van der Waals surface area contributed by atoms with Crippen molar-refractivity contribution in [3.63, 3.8) is 0 Å². The van der Waals surface area contributed by atoms with Crippen LogP contribution in [0.15, 0.2) is 168 Å². The van der Waals surface area contributed by atoms with Crippen LogP contribution in [-0.2, 0) is 5.41 Å². The molecule has 0 radical (unpaired) electrons. The number of furan rings is 1. The van der Waals surface area contributed by atoms with E-state index in [1.54, 1.807) is 0 Å². The lowest BCUT2D eigenvalue weighted by Crippen LogP contribution is -2.16. The first-order valence-corrected chi connectivity index (χ1v) is 17.1. The number of anilines is 3. The molecule has 0 N–H and O–H groups in total. The molecule has 0 saturated carbocycles. The molecule has 0 saturated heterocycles. The average molecular weight is 644 g/mol. The van der Waals surface area contributed by atoms with Crippen molar-refractivity contribution in [1.29, 1.82) is 0 Å². The van der Waals surface area contributed by atoms with E-state index < -0.39 is 0 Å². The number of hydrogen-bond acceptors (Lipinski definition) is 3. The summed E-state index contributed by atoms with van der Waals surface area (Å²) < 4.78 is 8.54. The Morgan fingerprint density at radius 2 is 1.20 bits per heavy atom. The van der Waals surface area contributed by atoms with Gasteiger partial charge in [-0.3, -0.25) is 4.57 Å². The minimum absolute atomic E-state index is 0.179. The number of para-hydroxylation sites is 2. The Bertz CT molecular complexity index is 2720. The van der Waals surface area contributed by atoms with Gasteiger partial charge in [0.1, 0.15) is 17.0 Å². The summed E-state index contributed by atoms with van der Waals surface area (Å²) in [5, 5.41) is 2.28. The third-order valence-corrected chi connectivity index (χ3v) is 10.3. The summed E-state index contributed by atoms with van der Waals surface area (Å²) in [6.07, 6.45) is 0. The number of imidazole rings is 1. The topological polar surface area (TPSA) is 34.2 Å². The lowest BCUT2D eigenvalue weighted by Gasteiger charge is -2.26. The van der Waals surface area contributed by atoms with Gasteiger partial charge in [-0.15, -0.1) is 0 Å². The molecule has 1 aliphatic rings. The number of nitrogens with zero attached hydrogens (tertiary/aromatic N) is 3. The minimum Gasteiger partial charge on any atom is -0.456 e. The summed E-state index contributed by atoms with van der Waals surface area (Å²) in [7, 11) is 0. The lowest BCUT2D eigenvalue weighted by molar-refractivity contribution is 0.621. The zero-order chi connectivity index (χ0) is 33.4. The maximum Gasteiger partial charge on any atom is 0.136 e. The van der Waals surface area contributed by atoms with Crippen LogP contribution in [-0.4, -0.2) is 9.55 Å². The Kier molecular flexibility index (Phi) is 6.19. The number of fused-ring (bicyclic) bond motifs is 8. The van der Waals surface area contributed by atoms with E-state index in [1.165, 1.54) is 22.4 Å². The van der Waals surface area contributed by atoms with Crippen molar-refractivity contribution >= 4 is 50.0 Å². The van der Waals surface area contributed by atoms with Gasteiger partial charge in [0.05, 0.1) is 22.1 Å².